The summed E-state index contributed by atoms with van der Waals surface area (Å²) in [5, 5.41) is 2.77. The molecule has 110 valence electrons. The van der Waals surface area contributed by atoms with Gasteiger partial charge >= 0.3 is 0 Å². The van der Waals surface area contributed by atoms with E-state index in [2.05, 4.69) is 4.98 Å². The number of hydrogen-bond donors (Lipinski definition) is 0. The van der Waals surface area contributed by atoms with Crippen LogP contribution in [0.5, 0.6) is 0 Å². The van der Waals surface area contributed by atoms with Gasteiger partial charge in [-0.3, -0.25) is 4.79 Å². The lowest BCUT2D eigenvalue weighted by Crippen LogP contribution is -2.50. The molecule has 3 rings (SSSR count). The highest BCUT2D eigenvalue weighted by molar-refractivity contribution is 7.09. The van der Waals surface area contributed by atoms with Gasteiger partial charge in [-0.1, -0.05) is 0 Å². The quantitative estimate of drug-likeness (QED) is 0.836. The molecular weight excluding hydrogens is 276 g/mol. The summed E-state index contributed by atoms with van der Waals surface area (Å²) in [7, 11) is 1.72. The van der Waals surface area contributed by atoms with Gasteiger partial charge in [0.2, 0.25) is 0 Å². The molecule has 0 saturated carbocycles. The largest absolute Gasteiger partial charge is 0.379 e. The normalized spacial score (nSPS) is 30.1. The predicted octanol–water partition coefficient (Wildman–Crippen LogP) is 1.86. The summed E-state index contributed by atoms with van der Waals surface area (Å²) in [6.07, 6.45) is 3.02. The Morgan fingerprint density at radius 2 is 2.50 bits per heavy atom. The molecule has 2 aliphatic rings. The van der Waals surface area contributed by atoms with Gasteiger partial charge in [-0.15, -0.1) is 11.3 Å². The molecule has 2 aliphatic heterocycles. The van der Waals surface area contributed by atoms with Crippen LogP contribution in [0.25, 0.3) is 0 Å². The lowest BCUT2D eigenvalue weighted by atomic mass is 9.89. The molecule has 0 unspecified atom stereocenters. The van der Waals surface area contributed by atoms with Crippen LogP contribution in [0, 0.1) is 6.92 Å². The highest BCUT2D eigenvalue weighted by atomic mass is 32.1. The van der Waals surface area contributed by atoms with Crippen LogP contribution in [0.15, 0.2) is 5.38 Å². The number of nitrogens with zero attached hydrogens (tertiary/aromatic N) is 2. The van der Waals surface area contributed by atoms with Crippen molar-refractivity contribution in [2.45, 2.75) is 37.9 Å². The van der Waals surface area contributed by atoms with E-state index in [0.29, 0.717) is 18.8 Å². The van der Waals surface area contributed by atoms with Gasteiger partial charge in [0, 0.05) is 25.5 Å². The highest BCUT2D eigenvalue weighted by Crippen LogP contribution is 2.36. The smallest absolute Gasteiger partial charge is 0.273 e. The van der Waals surface area contributed by atoms with Gasteiger partial charge in [0.15, 0.2) is 0 Å². The average molecular weight is 296 g/mol. The standard InChI is InChI=1S/C14H20N2O3S/c1-10-15-12(8-20-10)13(17)16-5-3-4-14(9-16)6-11(18-2)7-19-14/h8,11H,3-7,9H2,1-2H3/t11-,14-/m1/s1. The Kier molecular flexibility index (Phi) is 3.79. The number of likely N-dealkylation sites (tertiary alicyclic amines) is 1. The van der Waals surface area contributed by atoms with E-state index in [9.17, 15) is 4.79 Å². The van der Waals surface area contributed by atoms with E-state index < -0.39 is 0 Å². The van der Waals surface area contributed by atoms with Gasteiger partial charge in [-0.2, -0.15) is 0 Å². The fourth-order valence-corrected chi connectivity index (χ4v) is 3.72. The Balaban J connectivity index is 1.71. The molecule has 0 aliphatic carbocycles. The number of amides is 1. The number of hydrogen-bond acceptors (Lipinski definition) is 5. The summed E-state index contributed by atoms with van der Waals surface area (Å²) in [4.78, 5) is 18.7. The lowest BCUT2D eigenvalue weighted by molar-refractivity contribution is -0.0459. The number of piperidine rings is 1. The fraction of sp³-hybridized carbons (Fsp3) is 0.714. The first-order valence-corrected chi connectivity index (χ1v) is 7.88. The monoisotopic (exact) mass is 296 g/mol. The topological polar surface area (TPSA) is 51.7 Å². The second kappa shape index (κ2) is 5.42. The number of thiazole rings is 1. The second-order valence-corrected chi connectivity index (χ2v) is 6.70. The van der Waals surface area contributed by atoms with Gasteiger partial charge in [-0.05, 0) is 19.8 Å². The molecule has 1 amide bonds. The summed E-state index contributed by atoms with van der Waals surface area (Å²) in [6.45, 7) is 4.00. The van der Waals surface area contributed by atoms with E-state index >= 15 is 0 Å². The minimum Gasteiger partial charge on any atom is -0.379 e. The molecule has 0 aromatic carbocycles. The molecule has 1 aromatic rings. The summed E-state index contributed by atoms with van der Waals surface area (Å²) in [5.74, 6) is 0.0258. The zero-order valence-electron chi connectivity index (χ0n) is 11.9. The van der Waals surface area contributed by atoms with E-state index in [0.717, 1.165) is 30.8 Å². The Morgan fingerprint density at radius 1 is 1.65 bits per heavy atom. The van der Waals surface area contributed by atoms with Crippen molar-refractivity contribution in [3.05, 3.63) is 16.1 Å². The van der Waals surface area contributed by atoms with Crippen molar-refractivity contribution in [3.8, 4) is 0 Å². The number of carbonyl (C=O) groups is 1. The van der Waals surface area contributed by atoms with E-state index in [1.165, 1.54) is 11.3 Å². The number of ether oxygens (including phenoxy) is 2. The molecule has 2 atom stereocenters. The van der Waals surface area contributed by atoms with Crippen molar-refractivity contribution in [3.63, 3.8) is 0 Å². The fourth-order valence-electron chi connectivity index (χ4n) is 3.13. The first kappa shape index (κ1) is 14.0. The molecule has 5 nitrogen and oxygen atoms in total. The van der Waals surface area contributed by atoms with Crippen molar-refractivity contribution < 1.29 is 14.3 Å². The van der Waals surface area contributed by atoms with Crippen molar-refractivity contribution in [2.75, 3.05) is 26.8 Å². The first-order chi connectivity index (χ1) is 9.62. The highest BCUT2D eigenvalue weighted by Gasteiger charge is 2.44. The number of aryl methyl sites for hydroxylation is 1. The van der Waals surface area contributed by atoms with E-state index in [1.54, 1.807) is 7.11 Å². The molecule has 0 N–H and O–H groups in total. The average Bonchev–Trinajstić information content (AvgIpc) is 3.05. The maximum Gasteiger partial charge on any atom is 0.273 e. The zero-order chi connectivity index (χ0) is 14.2. The van der Waals surface area contributed by atoms with Crippen LogP contribution in [-0.4, -0.2) is 54.3 Å². The molecule has 0 bridgehead atoms. The Morgan fingerprint density at radius 3 is 3.15 bits per heavy atom. The maximum absolute atomic E-state index is 12.5. The van der Waals surface area contributed by atoms with Crippen molar-refractivity contribution in [2.24, 2.45) is 0 Å². The van der Waals surface area contributed by atoms with Gasteiger partial charge in [0.25, 0.3) is 5.91 Å². The van der Waals surface area contributed by atoms with Crippen LogP contribution in [-0.2, 0) is 9.47 Å². The minimum atomic E-state index is -0.209. The Hall–Kier alpha value is -0.980. The van der Waals surface area contributed by atoms with Crippen LogP contribution in [0.4, 0.5) is 0 Å². The van der Waals surface area contributed by atoms with Crippen LogP contribution < -0.4 is 0 Å². The number of aromatic nitrogens is 1. The van der Waals surface area contributed by atoms with E-state index in [-0.39, 0.29) is 17.6 Å². The third-order valence-corrected chi connectivity index (χ3v) is 4.95. The summed E-state index contributed by atoms with van der Waals surface area (Å²) in [6, 6.07) is 0. The SMILES string of the molecule is CO[C@H]1CO[C@]2(CCCN(C(=O)c3csc(C)n3)C2)C1. The summed E-state index contributed by atoms with van der Waals surface area (Å²) >= 11 is 1.51. The van der Waals surface area contributed by atoms with Crippen molar-refractivity contribution >= 4 is 17.2 Å². The Bertz CT molecular complexity index is 504. The molecule has 20 heavy (non-hydrogen) atoms. The van der Waals surface area contributed by atoms with Gasteiger partial charge in [-0.25, -0.2) is 4.98 Å². The van der Waals surface area contributed by atoms with Crippen LogP contribution in [0.2, 0.25) is 0 Å². The number of rotatable bonds is 2. The molecule has 2 fully saturated rings. The summed E-state index contributed by atoms with van der Waals surface area (Å²) < 4.78 is 11.4. The molecule has 0 radical (unpaired) electrons. The molecule has 1 aromatic heterocycles. The van der Waals surface area contributed by atoms with Crippen LogP contribution in [0.3, 0.4) is 0 Å². The molecule has 1 spiro atoms. The van der Waals surface area contributed by atoms with E-state index in [1.807, 2.05) is 17.2 Å². The molecule has 2 saturated heterocycles. The maximum atomic E-state index is 12.5. The number of carbonyl (C=O) groups excluding carboxylic acids is 1. The van der Waals surface area contributed by atoms with Crippen LogP contribution in [0.1, 0.15) is 34.8 Å². The second-order valence-electron chi connectivity index (χ2n) is 5.64. The van der Waals surface area contributed by atoms with Gasteiger partial charge in [0.05, 0.1) is 29.9 Å². The van der Waals surface area contributed by atoms with Gasteiger partial charge in [0.1, 0.15) is 5.69 Å². The molecule has 3 heterocycles. The zero-order valence-corrected chi connectivity index (χ0v) is 12.7. The van der Waals surface area contributed by atoms with Gasteiger partial charge < -0.3 is 14.4 Å². The first-order valence-electron chi connectivity index (χ1n) is 7.00. The lowest BCUT2D eigenvalue weighted by Gasteiger charge is -2.39. The molecular formula is C14H20N2O3S. The summed E-state index contributed by atoms with van der Waals surface area (Å²) in [5.41, 5.74) is 0.352. The third-order valence-electron chi connectivity index (χ3n) is 4.17. The Labute approximate surface area is 122 Å². The van der Waals surface area contributed by atoms with E-state index in [4.69, 9.17) is 9.47 Å². The number of methoxy groups -OCH3 is 1. The van der Waals surface area contributed by atoms with Crippen molar-refractivity contribution in [1.82, 2.24) is 9.88 Å². The predicted molar refractivity (Wildman–Crippen MR) is 76.1 cm³/mol. The van der Waals surface area contributed by atoms with Crippen LogP contribution >= 0.6 is 11.3 Å². The minimum absolute atomic E-state index is 0.0258. The third kappa shape index (κ3) is 2.60. The van der Waals surface area contributed by atoms with Crippen molar-refractivity contribution in [1.29, 1.82) is 0 Å². The molecule has 6 heteroatoms.